The van der Waals surface area contributed by atoms with Crippen molar-refractivity contribution in [1.82, 2.24) is 20.3 Å². The second-order valence-corrected chi connectivity index (χ2v) is 8.43. The van der Waals surface area contributed by atoms with E-state index in [-0.39, 0.29) is 18.7 Å². The van der Waals surface area contributed by atoms with Crippen molar-refractivity contribution >= 4 is 38.7 Å². The van der Waals surface area contributed by atoms with E-state index >= 15 is 0 Å². The van der Waals surface area contributed by atoms with E-state index in [0.29, 0.717) is 11.4 Å². The van der Waals surface area contributed by atoms with Crippen LogP contribution >= 0.6 is 15.9 Å². The topological polar surface area (TPSA) is 108 Å². The number of aromatic nitrogens is 3. The first-order valence-corrected chi connectivity index (χ1v) is 10.8. The average molecular weight is 493 g/mol. The Labute approximate surface area is 193 Å². The number of hydrogen-bond acceptors (Lipinski definition) is 4. The lowest BCUT2D eigenvalue weighted by Gasteiger charge is -2.19. The smallest absolute Gasteiger partial charge is 0.307 e. The summed E-state index contributed by atoms with van der Waals surface area (Å²) in [6.07, 6.45) is 5.05. The molecule has 2 aromatic heterocycles. The lowest BCUT2D eigenvalue weighted by Crippen LogP contribution is -2.32. The summed E-state index contributed by atoms with van der Waals surface area (Å²) in [5.74, 6) is -0.594. The minimum atomic E-state index is -0.900. The lowest BCUT2D eigenvalue weighted by molar-refractivity contribution is -0.136. The molecule has 0 saturated heterocycles. The van der Waals surface area contributed by atoms with Crippen LogP contribution in [-0.2, 0) is 22.4 Å². The number of amides is 1. The van der Waals surface area contributed by atoms with Gasteiger partial charge >= 0.3 is 5.97 Å². The van der Waals surface area contributed by atoms with Crippen LogP contribution in [-0.4, -0.2) is 31.9 Å². The van der Waals surface area contributed by atoms with Crippen LogP contribution in [0.4, 0.5) is 0 Å². The number of rotatable bonds is 7. The summed E-state index contributed by atoms with van der Waals surface area (Å²) in [5.41, 5.74) is 4.27. The van der Waals surface area contributed by atoms with Crippen molar-refractivity contribution < 1.29 is 14.7 Å². The van der Waals surface area contributed by atoms with Crippen LogP contribution in [0.1, 0.15) is 34.1 Å². The molecule has 4 aromatic rings. The zero-order valence-electron chi connectivity index (χ0n) is 17.3. The maximum absolute atomic E-state index is 13.0. The molecule has 1 amide bonds. The zero-order chi connectivity index (χ0) is 22.7. The van der Waals surface area contributed by atoms with Gasteiger partial charge in [-0.25, -0.2) is 9.97 Å². The normalized spacial score (nSPS) is 11.9. The highest BCUT2D eigenvalue weighted by Crippen LogP contribution is 2.28. The Morgan fingerprint density at radius 2 is 1.91 bits per heavy atom. The molecule has 8 heteroatoms. The number of halogens is 1. The summed E-state index contributed by atoms with van der Waals surface area (Å²) in [5, 5.41) is 13.0. The molecule has 7 nitrogen and oxygen atoms in total. The Bertz CT molecular complexity index is 1290. The fourth-order valence-corrected chi connectivity index (χ4v) is 4.37. The SMILES string of the molecule is Cc1ccc(C(NC(=O)Cc2ccc3[nH]cc(CC(=O)O)c3c2)c2ncccn2)c(Br)c1. The number of carboxylic acids is 1. The van der Waals surface area contributed by atoms with Gasteiger partial charge in [0.2, 0.25) is 5.91 Å². The minimum absolute atomic E-state index is 0.0788. The zero-order valence-corrected chi connectivity index (χ0v) is 18.9. The third-order valence-corrected chi connectivity index (χ3v) is 5.84. The highest BCUT2D eigenvalue weighted by molar-refractivity contribution is 9.10. The van der Waals surface area contributed by atoms with Crippen LogP contribution in [0, 0.1) is 6.92 Å². The van der Waals surface area contributed by atoms with E-state index in [2.05, 4.69) is 36.2 Å². The van der Waals surface area contributed by atoms with Gasteiger partial charge in [-0.3, -0.25) is 9.59 Å². The predicted octanol–water partition coefficient (Wildman–Crippen LogP) is 4.10. The summed E-state index contributed by atoms with van der Waals surface area (Å²) in [4.78, 5) is 35.9. The number of nitrogens with one attached hydrogen (secondary N) is 2. The number of carbonyl (C=O) groups excluding carboxylic acids is 1. The lowest BCUT2D eigenvalue weighted by atomic mass is 10.0. The van der Waals surface area contributed by atoms with Gasteiger partial charge < -0.3 is 15.4 Å². The number of fused-ring (bicyclic) bond motifs is 1. The second kappa shape index (κ2) is 9.32. The number of aryl methyl sites for hydroxylation is 1. The molecule has 2 aromatic carbocycles. The van der Waals surface area contributed by atoms with E-state index in [0.717, 1.165) is 32.1 Å². The van der Waals surface area contributed by atoms with Crippen LogP contribution in [0.15, 0.2) is 65.5 Å². The summed E-state index contributed by atoms with van der Waals surface area (Å²) in [6.45, 7) is 2.00. The largest absolute Gasteiger partial charge is 0.481 e. The summed E-state index contributed by atoms with van der Waals surface area (Å²) >= 11 is 3.59. The third kappa shape index (κ3) is 4.86. The number of aromatic amines is 1. The van der Waals surface area contributed by atoms with Crippen molar-refractivity contribution in [3.8, 4) is 0 Å². The van der Waals surface area contributed by atoms with Gasteiger partial charge in [-0.15, -0.1) is 0 Å². The van der Waals surface area contributed by atoms with Crippen LogP contribution in [0.25, 0.3) is 10.9 Å². The molecule has 0 fully saturated rings. The molecular weight excluding hydrogens is 472 g/mol. The molecule has 32 heavy (non-hydrogen) atoms. The molecule has 0 spiro atoms. The van der Waals surface area contributed by atoms with Gasteiger partial charge in [0.05, 0.1) is 12.8 Å². The summed E-state index contributed by atoms with van der Waals surface area (Å²) in [6, 6.07) is 12.7. The number of benzene rings is 2. The number of hydrogen-bond donors (Lipinski definition) is 3. The van der Waals surface area contributed by atoms with E-state index in [1.54, 1.807) is 24.7 Å². The van der Waals surface area contributed by atoms with Crippen LogP contribution < -0.4 is 5.32 Å². The van der Waals surface area contributed by atoms with E-state index in [4.69, 9.17) is 5.11 Å². The van der Waals surface area contributed by atoms with Crippen molar-refractivity contribution in [3.63, 3.8) is 0 Å². The van der Waals surface area contributed by atoms with E-state index in [1.807, 2.05) is 43.3 Å². The molecule has 1 atom stereocenters. The number of carboxylic acid groups (broad SMARTS) is 1. The van der Waals surface area contributed by atoms with Crippen molar-refractivity contribution in [2.45, 2.75) is 25.8 Å². The van der Waals surface area contributed by atoms with E-state index in [9.17, 15) is 9.59 Å². The second-order valence-electron chi connectivity index (χ2n) is 7.57. The highest BCUT2D eigenvalue weighted by Gasteiger charge is 2.22. The first kappa shape index (κ1) is 21.7. The Hall–Kier alpha value is -3.52. The number of H-pyrrole nitrogens is 1. The van der Waals surface area contributed by atoms with Crippen molar-refractivity contribution in [3.05, 3.63) is 93.6 Å². The van der Waals surface area contributed by atoms with Gasteiger partial charge in [-0.2, -0.15) is 0 Å². The van der Waals surface area contributed by atoms with E-state index in [1.165, 1.54) is 0 Å². The Morgan fingerprint density at radius 3 is 2.62 bits per heavy atom. The van der Waals surface area contributed by atoms with Crippen LogP contribution in [0.5, 0.6) is 0 Å². The van der Waals surface area contributed by atoms with Gasteiger partial charge in [-0.1, -0.05) is 34.1 Å². The Kier molecular flexibility index (Phi) is 6.32. The third-order valence-electron chi connectivity index (χ3n) is 5.15. The van der Waals surface area contributed by atoms with E-state index < -0.39 is 12.0 Å². The van der Waals surface area contributed by atoms with Crippen molar-refractivity contribution in [1.29, 1.82) is 0 Å². The van der Waals surface area contributed by atoms with Crippen molar-refractivity contribution in [2.24, 2.45) is 0 Å². The molecule has 162 valence electrons. The standard InChI is InChI=1S/C24H21BrN4O3/c1-14-3-5-17(19(25)9-14)23(24-26-7-2-8-27-24)29-21(30)11-15-4-6-20-18(10-15)16(13-28-20)12-22(31)32/h2-10,13,23,28H,11-12H2,1H3,(H,29,30)(H,31,32). The van der Waals surface area contributed by atoms with Gasteiger partial charge in [-0.05, 0) is 53.4 Å². The molecule has 2 heterocycles. The van der Waals surface area contributed by atoms with Crippen LogP contribution in [0.3, 0.4) is 0 Å². The molecule has 0 bridgehead atoms. The molecule has 0 saturated carbocycles. The molecular formula is C24H21BrN4O3. The quantitative estimate of drug-likeness (QED) is 0.359. The molecule has 0 aliphatic heterocycles. The highest BCUT2D eigenvalue weighted by atomic mass is 79.9. The Morgan fingerprint density at radius 1 is 1.12 bits per heavy atom. The number of nitrogens with zero attached hydrogens (tertiary/aromatic N) is 2. The number of carbonyl (C=O) groups is 2. The molecule has 4 rings (SSSR count). The fourth-order valence-electron chi connectivity index (χ4n) is 3.65. The summed E-state index contributed by atoms with van der Waals surface area (Å²) in [7, 11) is 0. The maximum Gasteiger partial charge on any atom is 0.307 e. The first-order valence-electron chi connectivity index (χ1n) is 10.0. The molecule has 0 radical (unpaired) electrons. The minimum Gasteiger partial charge on any atom is -0.481 e. The van der Waals surface area contributed by atoms with Gasteiger partial charge in [0.15, 0.2) is 5.82 Å². The predicted molar refractivity (Wildman–Crippen MR) is 124 cm³/mol. The molecule has 3 N–H and O–H groups in total. The fraction of sp³-hybridized carbons (Fsp3) is 0.167. The average Bonchev–Trinajstić information content (AvgIpc) is 3.14. The summed E-state index contributed by atoms with van der Waals surface area (Å²) < 4.78 is 0.863. The first-order chi connectivity index (χ1) is 15.4. The molecule has 0 aliphatic carbocycles. The van der Waals surface area contributed by atoms with Crippen molar-refractivity contribution in [2.75, 3.05) is 0 Å². The Balaban J connectivity index is 1.59. The number of aliphatic carboxylic acids is 1. The maximum atomic E-state index is 13.0. The van der Waals surface area contributed by atoms with Gasteiger partial charge in [0, 0.05) is 34.0 Å². The van der Waals surface area contributed by atoms with Gasteiger partial charge in [0.25, 0.3) is 0 Å². The van der Waals surface area contributed by atoms with Gasteiger partial charge in [0.1, 0.15) is 6.04 Å². The molecule has 1 unspecified atom stereocenters. The molecule has 0 aliphatic rings. The monoisotopic (exact) mass is 492 g/mol. The van der Waals surface area contributed by atoms with Crippen LogP contribution in [0.2, 0.25) is 0 Å².